The summed E-state index contributed by atoms with van der Waals surface area (Å²) >= 11 is 0. The van der Waals surface area contributed by atoms with E-state index in [1.54, 1.807) is 0 Å². The second kappa shape index (κ2) is 6.38. The van der Waals surface area contributed by atoms with Gasteiger partial charge in [-0.15, -0.1) is 0 Å². The van der Waals surface area contributed by atoms with E-state index in [0.29, 0.717) is 12.0 Å². The summed E-state index contributed by atoms with van der Waals surface area (Å²) in [6.45, 7) is 20.0. The summed E-state index contributed by atoms with van der Waals surface area (Å²) in [5.41, 5.74) is 0.233. The zero-order chi connectivity index (χ0) is 13.9. The van der Waals surface area contributed by atoms with Crippen LogP contribution in [0.3, 0.4) is 0 Å². The molecule has 0 aromatic rings. The van der Waals surface area contributed by atoms with E-state index < -0.39 is 0 Å². The van der Waals surface area contributed by atoms with Crippen molar-refractivity contribution < 1.29 is 0 Å². The average Bonchev–Trinajstić information content (AvgIpc) is 2.22. The van der Waals surface area contributed by atoms with Crippen molar-refractivity contribution in [2.75, 3.05) is 19.6 Å². The zero-order valence-electron chi connectivity index (χ0n) is 13.6. The summed E-state index contributed by atoms with van der Waals surface area (Å²) in [7, 11) is 0. The van der Waals surface area contributed by atoms with E-state index >= 15 is 0 Å². The highest BCUT2D eigenvalue weighted by atomic mass is 15.2. The Morgan fingerprint density at radius 2 is 1.61 bits per heavy atom. The van der Waals surface area contributed by atoms with Crippen molar-refractivity contribution in [1.82, 2.24) is 10.2 Å². The van der Waals surface area contributed by atoms with Crippen LogP contribution in [-0.2, 0) is 0 Å². The first kappa shape index (κ1) is 16.0. The minimum absolute atomic E-state index is 0.233. The first-order valence-corrected chi connectivity index (χ1v) is 7.68. The first-order valence-electron chi connectivity index (χ1n) is 7.68. The van der Waals surface area contributed by atoms with E-state index in [2.05, 4.69) is 58.7 Å². The van der Waals surface area contributed by atoms with Crippen molar-refractivity contribution in [2.45, 2.75) is 66.5 Å². The highest BCUT2D eigenvalue weighted by Crippen LogP contribution is 2.24. The molecule has 1 saturated heterocycles. The van der Waals surface area contributed by atoms with Gasteiger partial charge in [0.25, 0.3) is 0 Å². The van der Waals surface area contributed by atoms with Crippen LogP contribution in [-0.4, -0.2) is 36.1 Å². The Morgan fingerprint density at radius 1 is 1.11 bits per heavy atom. The van der Waals surface area contributed by atoms with E-state index in [9.17, 15) is 0 Å². The number of piperidine rings is 1. The monoisotopic (exact) mass is 254 g/mol. The smallest absolute Gasteiger partial charge is 0.0105 e. The number of hydrogen-bond acceptors (Lipinski definition) is 2. The van der Waals surface area contributed by atoms with E-state index in [1.165, 1.54) is 19.5 Å². The first-order chi connectivity index (χ1) is 8.19. The summed E-state index contributed by atoms with van der Waals surface area (Å²) in [5.74, 6) is 2.43. The lowest BCUT2D eigenvalue weighted by atomic mass is 9.89. The summed E-state index contributed by atoms with van der Waals surface area (Å²) in [6.07, 6.45) is 1.40. The lowest BCUT2D eigenvalue weighted by Crippen LogP contribution is -2.49. The van der Waals surface area contributed by atoms with Gasteiger partial charge in [-0.05, 0) is 58.4 Å². The van der Waals surface area contributed by atoms with Crippen molar-refractivity contribution in [3.05, 3.63) is 0 Å². The van der Waals surface area contributed by atoms with Crippen LogP contribution in [0, 0.1) is 17.8 Å². The summed E-state index contributed by atoms with van der Waals surface area (Å²) < 4.78 is 0. The SMILES string of the molecule is CC1CC(C)CN(C(C)C(C)CNC(C)(C)C)C1. The highest BCUT2D eigenvalue weighted by Gasteiger charge is 2.28. The molecule has 0 aliphatic carbocycles. The molecule has 1 aliphatic heterocycles. The topological polar surface area (TPSA) is 15.3 Å². The highest BCUT2D eigenvalue weighted by molar-refractivity contribution is 4.83. The number of nitrogens with zero attached hydrogens (tertiary/aromatic N) is 1. The van der Waals surface area contributed by atoms with Crippen LogP contribution in [0.1, 0.15) is 54.9 Å². The van der Waals surface area contributed by atoms with Gasteiger partial charge in [-0.25, -0.2) is 0 Å². The van der Waals surface area contributed by atoms with Crippen LogP contribution in [0.4, 0.5) is 0 Å². The lowest BCUT2D eigenvalue weighted by molar-refractivity contribution is 0.0759. The van der Waals surface area contributed by atoms with E-state index in [-0.39, 0.29) is 5.54 Å². The molecule has 0 aromatic heterocycles. The van der Waals surface area contributed by atoms with Gasteiger partial charge in [0, 0.05) is 24.7 Å². The van der Waals surface area contributed by atoms with Gasteiger partial charge < -0.3 is 5.32 Å². The third-order valence-electron chi connectivity index (χ3n) is 4.25. The Bertz CT molecular complexity index is 234. The molecule has 0 bridgehead atoms. The van der Waals surface area contributed by atoms with Gasteiger partial charge in [-0.1, -0.05) is 20.8 Å². The molecule has 0 amide bonds. The Morgan fingerprint density at radius 3 is 2.06 bits per heavy atom. The molecule has 0 radical (unpaired) electrons. The summed E-state index contributed by atoms with van der Waals surface area (Å²) in [4.78, 5) is 2.70. The maximum absolute atomic E-state index is 3.64. The molecule has 2 nitrogen and oxygen atoms in total. The fraction of sp³-hybridized carbons (Fsp3) is 1.00. The molecule has 1 heterocycles. The van der Waals surface area contributed by atoms with Gasteiger partial charge in [0.1, 0.15) is 0 Å². The van der Waals surface area contributed by atoms with Crippen molar-refractivity contribution in [3.8, 4) is 0 Å². The van der Waals surface area contributed by atoms with Crippen LogP contribution in [0.15, 0.2) is 0 Å². The Hall–Kier alpha value is -0.0800. The van der Waals surface area contributed by atoms with Crippen molar-refractivity contribution in [1.29, 1.82) is 0 Å². The van der Waals surface area contributed by atoms with Crippen molar-refractivity contribution in [2.24, 2.45) is 17.8 Å². The quantitative estimate of drug-likeness (QED) is 0.827. The second-order valence-corrected chi connectivity index (χ2v) is 7.75. The van der Waals surface area contributed by atoms with Crippen LogP contribution >= 0.6 is 0 Å². The molecule has 108 valence electrons. The minimum Gasteiger partial charge on any atom is -0.312 e. The molecule has 1 aliphatic rings. The van der Waals surface area contributed by atoms with Gasteiger partial charge in [0.05, 0.1) is 0 Å². The van der Waals surface area contributed by atoms with Crippen molar-refractivity contribution >= 4 is 0 Å². The van der Waals surface area contributed by atoms with Gasteiger partial charge in [0.2, 0.25) is 0 Å². The standard InChI is InChI=1S/C16H34N2/c1-12-8-13(2)11-18(10-12)15(4)14(3)9-17-16(5,6)7/h12-15,17H,8-11H2,1-7H3. The molecule has 4 unspecified atom stereocenters. The molecule has 0 saturated carbocycles. The van der Waals surface area contributed by atoms with Crippen molar-refractivity contribution in [3.63, 3.8) is 0 Å². The summed E-state index contributed by atoms with van der Waals surface area (Å²) in [6, 6.07) is 0.685. The fourth-order valence-electron chi connectivity index (χ4n) is 3.04. The van der Waals surface area contributed by atoms with Crippen LogP contribution in [0.25, 0.3) is 0 Å². The third-order valence-corrected chi connectivity index (χ3v) is 4.25. The minimum atomic E-state index is 0.233. The number of rotatable bonds is 4. The predicted octanol–water partition coefficient (Wildman–Crippen LogP) is 3.38. The third kappa shape index (κ3) is 5.27. The normalized spacial score (nSPS) is 30.2. The number of nitrogens with one attached hydrogen (secondary N) is 1. The molecule has 1 N–H and O–H groups in total. The molecular weight excluding hydrogens is 220 g/mol. The van der Waals surface area contributed by atoms with Crippen LogP contribution in [0.5, 0.6) is 0 Å². The molecule has 0 aromatic carbocycles. The molecule has 18 heavy (non-hydrogen) atoms. The van der Waals surface area contributed by atoms with E-state index in [0.717, 1.165) is 18.4 Å². The Kier molecular flexibility index (Phi) is 5.67. The van der Waals surface area contributed by atoms with E-state index in [1.807, 2.05) is 0 Å². The lowest BCUT2D eigenvalue weighted by Gasteiger charge is -2.41. The molecule has 0 spiro atoms. The maximum Gasteiger partial charge on any atom is 0.0105 e. The van der Waals surface area contributed by atoms with Crippen LogP contribution in [0.2, 0.25) is 0 Å². The number of likely N-dealkylation sites (tertiary alicyclic amines) is 1. The predicted molar refractivity (Wildman–Crippen MR) is 80.9 cm³/mol. The fourth-order valence-corrected chi connectivity index (χ4v) is 3.04. The molecule has 2 heteroatoms. The second-order valence-electron chi connectivity index (χ2n) is 7.75. The van der Waals surface area contributed by atoms with E-state index in [4.69, 9.17) is 0 Å². The largest absolute Gasteiger partial charge is 0.312 e. The summed E-state index contributed by atoms with van der Waals surface area (Å²) in [5, 5.41) is 3.64. The molecule has 1 rings (SSSR count). The molecular formula is C16H34N2. The van der Waals surface area contributed by atoms with Gasteiger partial charge in [0.15, 0.2) is 0 Å². The van der Waals surface area contributed by atoms with Crippen LogP contribution < -0.4 is 5.32 Å². The molecule has 1 fully saturated rings. The Labute approximate surface area is 115 Å². The van der Waals surface area contributed by atoms with Gasteiger partial charge in [-0.3, -0.25) is 4.90 Å². The average molecular weight is 254 g/mol. The molecule has 4 atom stereocenters. The maximum atomic E-state index is 3.64. The zero-order valence-corrected chi connectivity index (χ0v) is 13.6. The number of hydrogen-bond donors (Lipinski definition) is 1. The van der Waals surface area contributed by atoms with Gasteiger partial charge in [-0.2, -0.15) is 0 Å². The Balaban J connectivity index is 2.44. The van der Waals surface area contributed by atoms with Gasteiger partial charge >= 0.3 is 0 Å².